The maximum absolute atomic E-state index is 7.30. The molecule has 0 aliphatic heterocycles. The Balaban J connectivity index is 1.01. The molecular formula is C88H62N4O8. The Morgan fingerprint density at radius 3 is 0.450 bits per heavy atom. The van der Waals surface area contributed by atoms with Crippen LogP contribution in [0.5, 0.6) is 0 Å². The average Bonchev–Trinajstić information content (AvgIpc) is 1.04. The smallest absolute Gasteiger partial charge is 0.211 e. The predicted molar refractivity (Wildman–Crippen MR) is 405 cm³/mol. The Morgan fingerprint density at radius 1 is 0.170 bits per heavy atom. The molecule has 0 unspecified atom stereocenters. The molecule has 0 N–H and O–H groups in total. The van der Waals surface area contributed by atoms with Gasteiger partial charge in [0.1, 0.15) is 44.7 Å². The standard InChI is InChI=1S/C88H62N4O8/c1-47-55-25-9-17-33-71(55)93-81(47)89(82-48(2)56-26-10-18-34-72(56)94-82)67-45-68(90(83-49(3)57-27-11-19-35-73(57)95-83)84-50(4)58-28-12-20-36-74(58)96-84)64-43-44-66-70(92(87-53(7)61-31-15-23-39-77(61)99-87)88-54(8)62-32-16-24-40-78(62)100-88)46-69(65-42-41-63(67)79(64)80(65)66)91(85-51(5)59-29-13-21-37-75(59)97-85)86-52(6)60-30-14-22-38-76(60)98-86/h9-46H,1-8H3. The summed E-state index contributed by atoms with van der Waals surface area (Å²) >= 11 is 0. The monoisotopic (exact) mass is 1300 g/mol. The van der Waals surface area contributed by atoms with Gasteiger partial charge >= 0.3 is 0 Å². The number of benzene rings is 12. The Hall–Kier alpha value is -12.8. The highest BCUT2D eigenvalue weighted by Crippen LogP contribution is 2.59. The van der Waals surface area contributed by atoms with Crippen LogP contribution in [0.4, 0.5) is 69.8 Å². The van der Waals surface area contributed by atoms with Crippen molar-refractivity contribution in [1.82, 2.24) is 0 Å². The number of anilines is 12. The molecule has 0 radical (unpaired) electrons. The minimum atomic E-state index is 0.593. The van der Waals surface area contributed by atoms with Gasteiger partial charge in [-0.05, 0) is 116 Å². The van der Waals surface area contributed by atoms with E-state index < -0.39 is 0 Å². The Kier molecular flexibility index (Phi) is 12.3. The fourth-order valence-corrected chi connectivity index (χ4v) is 15.9. The summed E-state index contributed by atoms with van der Waals surface area (Å²) in [4.78, 5) is 8.78. The molecule has 0 bridgehead atoms. The second-order valence-corrected chi connectivity index (χ2v) is 26.5. The largest absolute Gasteiger partial charge is 0.439 e. The molecule has 12 aromatic carbocycles. The third-order valence-electron chi connectivity index (χ3n) is 20.9. The van der Waals surface area contributed by atoms with Crippen LogP contribution in [0.15, 0.2) is 266 Å². The first-order valence-electron chi connectivity index (χ1n) is 33.8. The van der Waals surface area contributed by atoms with Gasteiger partial charge in [0, 0.05) is 120 Å². The van der Waals surface area contributed by atoms with Crippen molar-refractivity contribution < 1.29 is 35.3 Å². The number of nitrogens with zero attached hydrogens (tertiary/aromatic N) is 4. The molecule has 100 heavy (non-hydrogen) atoms. The highest BCUT2D eigenvalue weighted by atomic mass is 16.4. The molecule has 0 aliphatic carbocycles. The number of aryl methyl sites for hydroxylation is 8. The van der Waals surface area contributed by atoms with Gasteiger partial charge in [-0.3, -0.25) is 0 Å². The molecule has 0 saturated carbocycles. The van der Waals surface area contributed by atoms with Crippen molar-refractivity contribution in [3.05, 3.63) is 275 Å². The Labute approximate surface area is 572 Å². The molecule has 12 heteroatoms. The number of rotatable bonds is 12. The molecule has 8 heterocycles. The Bertz CT molecular complexity index is 5650. The van der Waals surface area contributed by atoms with Crippen molar-refractivity contribution in [3.63, 3.8) is 0 Å². The van der Waals surface area contributed by atoms with Gasteiger partial charge in [-0.15, -0.1) is 0 Å². The number of para-hydroxylation sites is 8. The second kappa shape index (κ2) is 21.3. The molecule has 20 aromatic rings. The molecule has 20 rings (SSSR count). The number of hydrogen-bond donors (Lipinski definition) is 0. The molecule has 482 valence electrons. The summed E-state index contributed by atoms with van der Waals surface area (Å²) < 4.78 is 58.4. The first-order valence-corrected chi connectivity index (χ1v) is 33.8. The van der Waals surface area contributed by atoms with E-state index >= 15 is 0 Å². The molecule has 8 aromatic heterocycles. The first kappa shape index (κ1) is 57.4. The summed E-state index contributed by atoms with van der Waals surface area (Å²) in [6.45, 7) is 17.1. The molecule has 0 aliphatic rings. The summed E-state index contributed by atoms with van der Waals surface area (Å²) in [5, 5.41) is 13.2. The normalized spacial score (nSPS) is 12.2. The van der Waals surface area contributed by atoms with Crippen LogP contribution in [-0.4, -0.2) is 0 Å². The van der Waals surface area contributed by atoms with E-state index in [1.807, 2.05) is 97.1 Å². The van der Waals surface area contributed by atoms with E-state index in [1.165, 1.54) is 0 Å². The molecule has 12 nitrogen and oxygen atoms in total. The van der Waals surface area contributed by atoms with Crippen LogP contribution in [-0.2, 0) is 0 Å². The topological polar surface area (TPSA) is 118 Å². The molecule has 0 amide bonds. The van der Waals surface area contributed by atoms with Gasteiger partial charge < -0.3 is 35.3 Å². The van der Waals surface area contributed by atoms with E-state index in [0.29, 0.717) is 47.1 Å². The van der Waals surface area contributed by atoms with Gasteiger partial charge in [0.15, 0.2) is 0 Å². The van der Waals surface area contributed by atoms with Gasteiger partial charge in [-0.1, -0.05) is 170 Å². The van der Waals surface area contributed by atoms with Crippen molar-refractivity contribution in [2.75, 3.05) is 19.6 Å². The summed E-state index contributed by atoms with van der Waals surface area (Å²) in [5.41, 5.74) is 16.4. The van der Waals surface area contributed by atoms with E-state index in [-0.39, 0.29) is 0 Å². The van der Waals surface area contributed by atoms with Gasteiger partial charge in [0.05, 0.1) is 22.7 Å². The molecular weight excluding hydrogens is 1240 g/mol. The van der Waals surface area contributed by atoms with Crippen molar-refractivity contribution in [3.8, 4) is 0 Å². The predicted octanol–water partition coefficient (Wildman–Crippen LogP) is 26.9. The van der Waals surface area contributed by atoms with Crippen LogP contribution in [0, 0.1) is 55.4 Å². The van der Waals surface area contributed by atoms with Crippen LogP contribution >= 0.6 is 0 Å². The number of fused-ring (bicyclic) bond motifs is 8. The Morgan fingerprint density at radius 2 is 0.310 bits per heavy atom. The quantitative estimate of drug-likeness (QED) is 0.108. The zero-order valence-electron chi connectivity index (χ0n) is 56.0. The van der Waals surface area contributed by atoms with E-state index in [2.05, 4.69) is 208 Å². The lowest BCUT2D eigenvalue weighted by molar-refractivity contribution is 0.577. The van der Waals surface area contributed by atoms with Gasteiger partial charge in [-0.25, -0.2) is 19.6 Å². The van der Waals surface area contributed by atoms with Crippen molar-refractivity contribution in [2.24, 2.45) is 0 Å². The summed E-state index contributed by atoms with van der Waals surface area (Å²) in [5.74, 6) is 4.75. The van der Waals surface area contributed by atoms with Crippen molar-refractivity contribution in [2.45, 2.75) is 55.4 Å². The van der Waals surface area contributed by atoms with Crippen LogP contribution < -0.4 is 19.6 Å². The minimum Gasteiger partial charge on any atom is -0.439 e. The zero-order chi connectivity index (χ0) is 67.1. The third-order valence-corrected chi connectivity index (χ3v) is 20.9. The number of hydrogen-bond acceptors (Lipinski definition) is 12. The SMILES string of the molecule is Cc1c(N(c2oc3ccccc3c2C)c2cc(N(c3oc4ccccc4c3C)c3oc4ccccc4c3C)c3ccc4c(N(c5oc6ccccc6c5C)c5oc6ccccc6c5C)cc(N(c5oc6ccccc6c5C)c5oc6ccccc6c5C)c5ccc2c3c54)oc2ccccc12. The maximum Gasteiger partial charge on any atom is 0.211 e. The lowest BCUT2D eigenvalue weighted by Crippen LogP contribution is -2.16. The van der Waals surface area contributed by atoms with Crippen LogP contribution in [0.2, 0.25) is 0 Å². The summed E-state index contributed by atoms with van der Waals surface area (Å²) in [6, 6.07) is 79.4. The van der Waals surface area contributed by atoms with Crippen LogP contribution in [0.3, 0.4) is 0 Å². The van der Waals surface area contributed by atoms with E-state index in [4.69, 9.17) is 35.3 Å². The van der Waals surface area contributed by atoms with E-state index in [0.717, 1.165) is 187 Å². The highest BCUT2D eigenvalue weighted by Gasteiger charge is 2.38. The zero-order valence-corrected chi connectivity index (χ0v) is 56.0. The first-order chi connectivity index (χ1) is 48.9. The van der Waals surface area contributed by atoms with E-state index in [9.17, 15) is 0 Å². The van der Waals surface area contributed by atoms with Crippen LogP contribution in [0.25, 0.3) is 120 Å². The maximum atomic E-state index is 7.30. The third kappa shape index (κ3) is 8.09. The number of furan rings is 8. The highest BCUT2D eigenvalue weighted by molar-refractivity contribution is 6.33. The molecule has 0 atom stereocenters. The van der Waals surface area contributed by atoms with Gasteiger partial charge in [0.2, 0.25) is 47.1 Å². The van der Waals surface area contributed by atoms with E-state index in [1.54, 1.807) is 0 Å². The fraction of sp³-hybridized carbons (Fsp3) is 0.0909. The molecule has 0 saturated heterocycles. The fourth-order valence-electron chi connectivity index (χ4n) is 15.9. The van der Waals surface area contributed by atoms with Crippen molar-refractivity contribution >= 4 is 190 Å². The summed E-state index contributed by atoms with van der Waals surface area (Å²) in [6.07, 6.45) is 0. The summed E-state index contributed by atoms with van der Waals surface area (Å²) in [7, 11) is 0. The minimum absolute atomic E-state index is 0.593. The molecule has 0 fully saturated rings. The van der Waals surface area contributed by atoms with Gasteiger partial charge in [-0.2, -0.15) is 0 Å². The van der Waals surface area contributed by atoms with Crippen LogP contribution in [0.1, 0.15) is 44.5 Å². The average molecular weight is 1300 g/mol. The van der Waals surface area contributed by atoms with Crippen molar-refractivity contribution in [1.29, 1.82) is 0 Å². The van der Waals surface area contributed by atoms with Gasteiger partial charge in [0.25, 0.3) is 0 Å². The lowest BCUT2D eigenvalue weighted by atomic mass is 9.89. The molecule has 0 spiro atoms. The second-order valence-electron chi connectivity index (χ2n) is 26.5. The lowest BCUT2D eigenvalue weighted by Gasteiger charge is -2.31.